The minimum Gasteiger partial charge on any atom is -0.480 e. The Balaban J connectivity index is 2.81. The Morgan fingerprint density at radius 3 is 2.31 bits per heavy atom. The second-order valence-corrected chi connectivity index (χ2v) is 4.36. The second kappa shape index (κ2) is 5.12. The molecule has 0 aliphatic heterocycles. The minimum atomic E-state index is -0.829. The molecule has 0 aliphatic rings. The monoisotopic (exact) mass is 221 g/mol. The highest BCUT2D eigenvalue weighted by Gasteiger charge is 2.33. The summed E-state index contributed by atoms with van der Waals surface area (Å²) in [5.74, 6) is -0.787. The predicted octanol–water partition coefficient (Wildman–Crippen LogP) is 2.37. The summed E-state index contributed by atoms with van der Waals surface area (Å²) in [5.41, 5.74) is 0.309. The van der Waals surface area contributed by atoms with E-state index in [1.807, 2.05) is 42.2 Å². The molecule has 0 heterocycles. The van der Waals surface area contributed by atoms with E-state index < -0.39 is 11.5 Å². The minimum absolute atomic E-state index is 0.663. The van der Waals surface area contributed by atoms with Crippen molar-refractivity contribution in [2.75, 3.05) is 6.54 Å². The van der Waals surface area contributed by atoms with Crippen LogP contribution in [-0.2, 0) is 11.3 Å². The number of benzene rings is 1. The Kier molecular flexibility index (Phi) is 4.07. The maximum atomic E-state index is 11.2. The summed E-state index contributed by atoms with van der Waals surface area (Å²) in [6.07, 6.45) is 0. The fourth-order valence-electron chi connectivity index (χ4n) is 1.64. The van der Waals surface area contributed by atoms with E-state index in [1.165, 1.54) is 0 Å². The lowest BCUT2D eigenvalue weighted by Crippen LogP contribution is -2.49. The predicted molar refractivity (Wildman–Crippen MR) is 64.2 cm³/mol. The number of carboxylic acids is 1. The summed E-state index contributed by atoms with van der Waals surface area (Å²) >= 11 is 0. The van der Waals surface area contributed by atoms with Gasteiger partial charge < -0.3 is 5.11 Å². The van der Waals surface area contributed by atoms with E-state index >= 15 is 0 Å². The number of nitrogens with zero attached hydrogens (tertiary/aromatic N) is 1. The molecular weight excluding hydrogens is 202 g/mol. The van der Waals surface area contributed by atoms with Crippen LogP contribution in [-0.4, -0.2) is 28.1 Å². The van der Waals surface area contributed by atoms with E-state index in [2.05, 4.69) is 0 Å². The van der Waals surface area contributed by atoms with Crippen molar-refractivity contribution in [3.63, 3.8) is 0 Å². The molecule has 3 nitrogen and oxygen atoms in total. The topological polar surface area (TPSA) is 40.5 Å². The number of aliphatic carboxylic acids is 1. The molecule has 1 aromatic rings. The number of hydrogen-bond donors (Lipinski definition) is 1. The molecule has 0 bridgehead atoms. The maximum absolute atomic E-state index is 11.2. The highest BCUT2D eigenvalue weighted by molar-refractivity contribution is 5.77. The molecular formula is C13H19NO2. The van der Waals surface area contributed by atoms with Gasteiger partial charge in [-0.3, -0.25) is 9.69 Å². The van der Waals surface area contributed by atoms with Gasteiger partial charge in [0.15, 0.2) is 0 Å². The molecule has 0 saturated heterocycles. The number of hydrogen-bond acceptors (Lipinski definition) is 2. The second-order valence-electron chi connectivity index (χ2n) is 4.36. The Morgan fingerprint density at radius 1 is 1.31 bits per heavy atom. The number of likely N-dealkylation sites (N-methyl/N-ethyl adjacent to an activating group) is 1. The first-order valence-corrected chi connectivity index (χ1v) is 5.51. The van der Waals surface area contributed by atoms with Crippen LogP contribution >= 0.6 is 0 Å². The van der Waals surface area contributed by atoms with Crippen molar-refractivity contribution in [1.29, 1.82) is 0 Å². The summed E-state index contributed by atoms with van der Waals surface area (Å²) < 4.78 is 0. The van der Waals surface area contributed by atoms with Crippen LogP contribution in [0.3, 0.4) is 0 Å². The molecule has 0 atom stereocenters. The van der Waals surface area contributed by atoms with Gasteiger partial charge in [-0.25, -0.2) is 0 Å². The van der Waals surface area contributed by atoms with Crippen molar-refractivity contribution in [3.8, 4) is 0 Å². The highest BCUT2D eigenvalue weighted by Crippen LogP contribution is 2.17. The Bertz CT molecular complexity index is 346. The smallest absolute Gasteiger partial charge is 0.323 e. The average molecular weight is 221 g/mol. The fraction of sp³-hybridized carbons (Fsp3) is 0.462. The van der Waals surface area contributed by atoms with E-state index in [1.54, 1.807) is 13.8 Å². The Morgan fingerprint density at radius 2 is 1.88 bits per heavy atom. The van der Waals surface area contributed by atoms with Crippen molar-refractivity contribution >= 4 is 5.97 Å². The summed E-state index contributed by atoms with van der Waals surface area (Å²) in [7, 11) is 0. The fourth-order valence-corrected chi connectivity index (χ4v) is 1.64. The van der Waals surface area contributed by atoms with Crippen LogP contribution < -0.4 is 0 Å². The Hall–Kier alpha value is -1.35. The van der Waals surface area contributed by atoms with Crippen LogP contribution in [0.1, 0.15) is 26.3 Å². The third-order valence-electron chi connectivity index (χ3n) is 2.91. The first-order chi connectivity index (χ1) is 7.48. The van der Waals surface area contributed by atoms with Gasteiger partial charge in [0.1, 0.15) is 5.54 Å². The lowest BCUT2D eigenvalue weighted by molar-refractivity contribution is -0.149. The first kappa shape index (κ1) is 12.7. The molecule has 0 unspecified atom stereocenters. The van der Waals surface area contributed by atoms with Crippen molar-refractivity contribution in [2.24, 2.45) is 0 Å². The standard InChI is InChI=1S/C13H19NO2/c1-4-14(13(2,3)12(15)16)10-11-8-6-5-7-9-11/h5-9H,4,10H2,1-3H3,(H,15,16). The molecule has 0 radical (unpaired) electrons. The number of carboxylic acid groups (broad SMARTS) is 1. The van der Waals surface area contributed by atoms with E-state index in [4.69, 9.17) is 0 Å². The van der Waals surface area contributed by atoms with E-state index in [9.17, 15) is 9.90 Å². The van der Waals surface area contributed by atoms with Crippen LogP contribution in [0, 0.1) is 0 Å². The summed E-state index contributed by atoms with van der Waals surface area (Å²) in [5, 5.41) is 9.18. The third kappa shape index (κ3) is 2.83. The van der Waals surface area contributed by atoms with Gasteiger partial charge in [-0.1, -0.05) is 37.3 Å². The van der Waals surface area contributed by atoms with Crippen molar-refractivity contribution < 1.29 is 9.90 Å². The van der Waals surface area contributed by atoms with Gasteiger partial charge in [-0.05, 0) is 26.0 Å². The summed E-state index contributed by atoms with van der Waals surface area (Å²) in [6, 6.07) is 9.93. The van der Waals surface area contributed by atoms with Crippen molar-refractivity contribution in [1.82, 2.24) is 4.90 Å². The zero-order valence-electron chi connectivity index (χ0n) is 10.1. The van der Waals surface area contributed by atoms with Crippen LogP contribution in [0.5, 0.6) is 0 Å². The molecule has 0 aromatic heterocycles. The van der Waals surface area contributed by atoms with Gasteiger partial charge in [0, 0.05) is 6.54 Å². The lowest BCUT2D eigenvalue weighted by atomic mass is 10.0. The van der Waals surface area contributed by atoms with Gasteiger partial charge in [0.2, 0.25) is 0 Å². The van der Waals surface area contributed by atoms with Gasteiger partial charge in [-0.15, -0.1) is 0 Å². The van der Waals surface area contributed by atoms with Gasteiger partial charge >= 0.3 is 5.97 Å². The molecule has 0 spiro atoms. The van der Waals surface area contributed by atoms with Gasteiger partial charge in [-0.2, -0.15) is 0 Å². The molecule has 0 fully saturated rings. The largest absolute Gasteiger partial charge is 0.480 e. The SMILES string of the molecule is CCN(Cc1ccccc1)C(C)(C)C(=O)O. The first-order valence-electron chi connectivity index (χ1n) is 5.51. The van der Waals surface area contributed by atoms with Gasteiger partial charge in [0.25, 0.3) is 0 Å². The van der Waals surface area contributed by atoms with E-state index in [0.29, 0.717) is 13.1 Å². The molecule has 3 heteroatoms. The molecule has 0 aliphatic carbocycles. The van der Waals surface area contributed by atoms with Crippen LogP contribution in [0.25, 0.3) is 0 Å². The molecule has 1 rings (SSSR count). The van der Waals surface area contributed by atoms with Crippen LogP contribution in [0.2, 0.25) is 0 Å². The van der Waals surface area contributed by atoms with Crippen molar-refractivity contribution in [2.45, 2.75) is 32.9 Å². The highest BCUT2D eigenvalue weighted by atomic mass is 16.4. The quantitative estimate of drug-likeness (QED) is 0.829. The zero-order chi connectivity index (χ0) is 12.2. The third-order valence-corrected chi connectivity index (χ3v) is 2.91. The zero-order valence-corrected chi connectivity index (χ0v) is 10.1. The number of rotatable bonds is 5. The van der Waals surface area contributed by atoms with Crippen LogP contribution in [0.15, 0.2) is 30.3 Å². The molecule has 88 valence electrons. The lowest BCUT2D eigenvalue weighted by Gasteiger charge is -2.34. The van der Waals surface area contributed by atoms with Crippen LogP contribution in [0.4, 0.5) is 0 Å². The van der Waals surface area contributed by atoms with Crippen molar-refractivity contribution in [3.05, 3.63) is 35.9 Å². The molecule has 1 N–H and O–H groups in total. The normalized spacial score (nSPS) is 11.8. The van der Waals surface area contributed by atoms with E-state index in [0.717, 1.165) is 5.56 Å². The Labute approximate surface area is 96.7 Å². The van der Waals surface area contributed by atoms with Gasteiger partial charge in [0.05, 0.1) is 0 Å². The van der Waals surface area contributed by atoms with E-state index in [-0.39, 0.29) is 0 Å². The maximum Gasteiger partial charge on any atom is 0.323 e. The average Bonchev–Trinajstić information content (AvgIpc) is 2.26. The molecule has 0 saturated carbocycles. The molecule has 16 heavy (non-hydrogen) atoms. The summed E-state index contributed by atoms with van der Waals surface area (Å²) in [6.45, 7) is 6.84. The summed E-state index contributed by atoms with van der Waals surface area (Å²) in [4.78, 5) is 13.1. The molecule has 0 amide bonds. The number of carbonyl (C=O) groups is 1. The molecule has 1 aromatic carbocycles.